The summed E-state index contributed by atoms with van der Waals surface area (Å²) in [7, 11) is 1.22. The van der Waals surface area contributed by atoms with Gasteiger partial charge in [0.05, 0.1) is 13.2 Å². The van der Waals surface area contributed by atoms with Crippen LogP contribution in [0.3, 0.4) is 0 Å². The van der Waals surface area contributed by atoms with Gasteiger partial charge in [-0.2, -0.15) is 5.26 Å². The highest BCUT2D eigenvalue weighted by atomic mass is 16.5. The number of amides is 2. The van der Waals surface area contributed by atoms with Crippen LogP contribution in [0.15, 0.2) is 0 Å². The zero-order valence-corrected chi connectivity index (χ0v) is 13.1. The van der Waals surface area contributed by atoms with E-state index in [-0.39, 0.29) is 18.2 Å². The second kappa shape index (κ2) is 8.95. The van der Waals surface area contributed by atoms with Gasteiger partial charge in [-0.15, -0.1) is 0 Å². The van der Waals surface area contributed by atoms with Crippen LogP contribution < -0.4 is 10.6 Å². The first-order valence-electron chi connectivity index (χ1n) is 6.76. The van der Waals surface area contributed by atoms with Gasteiger partial charge in [-0.05, 0) is 5.92 Å². The second-order valence-electron chi connectivity index (χ2n) is 5.27. The molecule has 7 nitrogen and oxygen atoms in total. The molecule has 21 heavy (non-hydrogen) atoms. The van der Waals surface area contributed by atoms with E-state index < -0.39 is 29.9 Å². The smallest absolute Gasteiger partial charge is 0.328 e. The van der Waals surface area contributed by atoms with Crippen molar-refractivity contribution in [3.05, 3.63) is 0 Å². The molecule has 0 fully saturated rings. The van der Waals surface area contributed by atoms with Crippen molar-refractivity contribution in [3.8, 4) is 6.07 Å². The molecular formula is C14H23N3O4. The number of carbonyl (C=O) groups excluding carboxylic acids is 3. The fraction of sp³-hybridized carbons (Fsp3) is 0.714. The van der Waals surface area contributed by atoms with Gasteiger partial charge in [0.25, 0.3) is 0 Å². The van der Waals surface area contributed by atoms with Gasteiger partial charge < -0.3 is 15.4 Å². The molecule has 0 bridgehead atoms. The van der Waals surface area contributed by atoms with Crippen molar-refractivity contribution in [2.75, 3.05) is 7.11 Å². The normalized spacial score (nSPS) is 14.5. The molecule has 0 heterocycles. The van der Waals surface area contributed by atoms with Crippen LogP contribution in [-0.4, -0.2) is 37.0 Å². The van der Waals surface area contributed by atoms with Gasteiger partial charge in [-0.25, -0.2) is 4.79 Å². The molecule has 0 aromatic heterocycles. The summed E-state index contributed by atoms with van der Waals surface area (Å²) in [5.74, 6) is -1.95. The Morgan fingerprint density at radius 1 is 1.14 bits per heavy atom. The van der Waals surface area contributed by atoms with E-state index in [1.54, 1.807) is 20.8 Å². The average Bonchev–Trinajstić information content (AvgIpc) is 2.40. The van der Waals surface area contributed by atoms with Crippen LogP contribution in [0.4, 0.5) is 0 Å². The fourth-order valence-electron chi connectivity index (χ4n) is 1.82. The Bertz CT molecular complexity index is 428. The largest absolute Gasteiger partial charge is 0.467 e. The molecule has 0 aliphatic carbocycles. The second-order valence-corrected chi connectivity index (χ2v) is 5.27. The molecule has 0 aliphatic rings. The van der Waals surface area contributed by atoms with Crippen LogP contribution in [0.5, 0.6) is 0 Å². The maximum atomic E-state index is 12.2. The maximum absolute atomic E-state index is 12.2. The summed E-state index contributed by atoms with van der Waals surface area (Å²) >= 11 is 0. The number of hydrogen-bond donors (Lipinski definition) is 2. The third-order valence-corrected chi connectivity index (χ3v) is 3.04. The Hall–Kier alpha value is -2.10. The van der Waals surface area contributed by atoms with E-state index in [1.165, 1.54) is 14.0 Å². The molecule has 0 saturated carbocycles. The van der Waals surface area contributed by atoms with Gasteiger partial charge in [0.15, 0.2) is 0 Å². The Kier molecular flexibility index (Phi) is 8.06. The van der Waals surface area contributed by atoms with Crippen molar-refractivity contribution >= 4 is 17.8 Å². The first kappa shape index (κ1) is 18.9. The minimum absolute atomic E-state index is 0.104. The molecule has 0 saturated heterocycles. The van der Waals surface area contributed by atoms with Crippen molar-refractivity contribution in [2.45, 2.75) is 46.2 Å². The molecule has 0 spiro atoms. The average molecular weight is 297 g/mol. The van der Waals surface area contributed by atoms with E-state index >= 15 is 0 Å². The minimum Gasteiger partial charge on any atom is -0.467 e. The Balaban J connectivity index is 5.04. The minimum atomic E-state index is -0.919. The van der Waals surface area contributed by atoms with Gasteiger partial charge in [0.1, 0.15) is 12.1 Å². The summed E-state index contributed by atoms with van der Waals surface area (Å²) in [6.45, 7) is 6.56. The van der Waals surface area contributed by atoms with Gasteiger partial charge in [0.2, 0.25) is 11.8 Å². The Labute approximate surface area is 125 Å². The number of esters is 1. The SMILES string of the molecule is COC(=O)[C@@H](NC(=O)[C@H](NC(C)=O)C(C)C)[C@@H](C)CC#N. The van der Waals surface area contributed by atoms with Gasteiger partial charge in [-0.3, -0.25) is 9.59 Å². The molecular weight excluding hydrogens is 274 g/mol. The molecule has 0 aromatic rings. The van der Waals surface area contributed by atoms with Crippen LogP contribution in [0.1, 0.15) is 34.1 Å². The lowest BCUT2D eigenvalue weighted by Gasteiger charge is -2.26. The molecule has 2 amide bonds. The zero-order valence-electron chi connectivity index (χ0n) is 13.1. The summed E-state index contributed by atoms with van der Waals surface area (Å²) in [5.41, 5.74) is 0. The maximum Gasteiger partial charge on any atom is 0.328 e. The third kappa shape index (κ3) is 6.25. The van der Waals surface area contributed by atoms with Crippen molar-refractivity contribution in [3.63, 3.8) is 0 Å². The Morgan fingerprint density at radius 2 is 1.71 bits per heavy atom. The van der Waals surface area contributed by atoms with E-state index in [1.807, 2.05) is 6.07 Å². The standard InChI is InChI=1S/C14H23N3O4/c1-8(2)11(16-10(4)18)13(19)17-12(14(20)21-5)9(3)6-7-15/h8-9,11-12H,6H2,1-5H3,(H,16,18)(H,17,19)/t9-,11+,12-/m0/s1. The lowest BCUT2D eigenvalue weighted by molar-refractivity contribution is -0.147. The molecule has 3 atom stereocenters. The topological polar surface area (TPSA) is 108 Å². The Morgan fingerprint density at radius 3 is 2.10 bits per heavy atom. The van der Waals surface area contributed by atoms with Crippen LogP contribution >= 0.6 is 0 Å². The van der Waals surface area contributed by atoms with Crippen molar-refractivity contribution < 1.29 is 19.1 Å². The van der Waals surface area contributed by atoms with E-state index in [9.17, 15) is 14.4 Å². The third-order valence-electron chi connectivity index (χ3n) is 3.04. The number of carbonyl (C=O) groups is 3. The molecule has 0 aliphatic heterocycles. The molecule has 118 valence electrons. The van der Waals surface area contributed by atoms with Gasteiger partial charge in [-0.1, -0.05) is 20.8 Å². The molecule has 0 radical (unpaired) electrons. The molecule has 2 N–H and O–H groups in total. The first-order valence-corrected chi connectivity index (χ1v) is 6.76. The number of nitriles is 1. The van der Waals surface area contributed by atoms with E-state index in [0.29, 0.717) is 0 Å². The monoisotopic (exact) mass is 297 g/mol. The summed E-state index contributed by atoms with van der Waals surface area (Å²) in [6.07, 6.45) is 0.104. The molecule has 7 heteroatoms. The van der Waals surface area contributed by atoms with E-state index in [0.717, 1.165) is 0 Å². The van der Waals surface area contributed by atoms with E-state index in [2.05, 4.69) is 15.4 Å². The molecule has 0 aromatic carbocycles. The predicted molar refractivity (Wildman–Crippen MR) is 75.8 cm³/mol. The lowest BCUT2D eigenvalue weighted by Crippen LogP contribution is -2.55. The number of rotatable bonds is 7. The van der Waals surface area contributed by atoms with Crippen LogP contribution in [0, 0.1) is 23.2 Å². The first-order chi connectivity index (χ1) is 9.74. The highest BCUT2D eigenvalue weighted by molar-refractivity contribution is 5.90. The summed E-state index contributed by atoms with van der Waals surface area (Å²) < 4.78 is 4.65. The highest BCUT2D eigenvalue weighted by Crippen LogP contribution is 2.11. The molecule has 0 unspecified atom stereocenters. The number of ether oxygens (including phenoxy) is 1. The van der Waals surface area contributed by atoms with Crippen LogP contribution in [0.2, 0.25) is 0 Å². The van der Waals surface area contributed by atoms with E-state index in [4.69, 9.17) is 5.26 Å². The van der Waals surface area contributed by atoms with Crippen LogP contribution in [0.25, 0.3) is 0 Å². The van der Waals surface area contributed by atoms with Gasteiger partial charge >= 0.3 is 5.97 Å². The van der Waals surface area contributed by atoms with Crippen LogP contribution in [-0.2, 0) is 19.1 Å². The summed E-state index contributed by atoms with van der Waals surface area (Å²) in [4.78, 5) is 35.1. The number of nitrogens with zero attached hydrogens (tertiary/aromatic N) is 1. The summed E-state index contributed by atoms with van der Waals surface area (Å²) in [6, 6.07) is 0.290. The fourth-order valence-corrected chi connectivity index (χ4v) is 1.82. The van der Waals surface area contributed by atoms with Gasteiger partial charge in [0, 0.05) is 19.3 Å². The lowest BCUT2D eigenvalue weighted by atomic mass is 9.97. The number of hydrogen-bond acceptors (Lipinski definition) is 5. The zero-order chi connectivity index (χ0) is 16.6. The van der Waals surface area contributed by atoms with Crippen molar-refractivity contribution in [1.29, 1.82) is 5.26 Å². The number of nitrogens with one attached hydrogen (secondary N) is 2. The predicted octanol–water partition coefficient (Wildman–Crippen LogP) is 0.355. The highest BCUT2D eigenvalue weighted by Gasteiger charge is 2.31. The van der Waals surface area contributed by atoms with Crippen molar-refractivity contribution in [2.24, 2.45) is 11.8 Å². The molecule has 0 rings (SSSR count). The number of methoxy groups -OCH3 is 1. The summed E-state index contributed by atoms with van der Waals surface area (Å²) in [5, 5.41) is 13.8. The van der Waals surface area contributed by atoms with Crippen molar-refractivity contribution in [1.82, 2.24) is 10.6 Å². The quantitative estimate of drug-likeness (QED) is 0.659.